The van der Waals surface area contributed by atoms with E-state index < -0.39 is 15.9 Å². The van der Waals surface area contributed by atoms with Gasteiger partial charge >= 0.3 is 0 Å². The fraction of sp³-hybridized carbons (Fsp3) is 0.909. The second-order valence-electron chi connectivity index (χ2n) is 4.85. The topological polar surface area (TPSA) is 80.5 Å². The minimum absolute atomic E-state index is 0.0269. The second kappa shape index (κ2) is 5.82. The van der Waals surface area contributed by atoms with Crippen LogP contribution in [-0.2, 0) is 14.6 Å². The fourth-order valence-electron chi connectivity index (χ4n) is 1.69. The molecule has 0 aromatic heterocycles. The van der Waals surface area contributed by atoms with Gasteiger partial charge in [-0.15, -0.1) is 0 Å². The number of likely N-dealkylation sites (N-methyl/N-ethyl adjacent to an activating group) is 1. The summed E-state index contributed by atoms with van der Waals surface area (Å²) >= 11 is 0. The first-order chi connectivity index (χ1) is 7.83. The number of hydrogen-bond acceptors (Lipinski definition) is 4. The van der Waals surface area contributed by atoms with Crippen molar-refractivity contribution in [1.82, 2.24) is 4.90 Å². The molecule has 1 amide bonds. The Labute approximate surface area is 103 Å². The molecule has 1 atom stereocenters. The predicted molar refractivity (Wildman–Crippen MR) is 67.3 cm³/mol. The van der Waals surface area contributed by atoms with Gasteiger partial charge in [-0.2, -0.15) is 0 Å². The van der Waals surface area contributed by atoms with Crippen molar-refractivity contribution < 1.29 is 13.2 Å². The Morgan fingerprint density at radius 2 is 2.06 bits per heavy atom. The monoisotopic (exact) mass is 262 g/mol. The molecule has 1 aliphatic rings. The number of sulfone groups is 1. The van der Waals surface area contributed by atoms with Gasteiger partial charge in [0.15, 0.2) is 0 Å². The van der Waals surface area contributed by atoms with E-state index in [9.17, 15) is 13.2 Å². The van der Waals surface area contributed by atoms with Crippen LogP contribution in [0, 0.1) is 5.92 Å². The summed E-state index contributed by atoms with van der Waals surface area (Å²) in [6, 6.07) is -0.691. The van der Waals surface area contributed by atoms with Crippen molar-refractivity contribution in [3.05, 3.63) is 0 Å². The normalized spacial score (nSPS) is 17.8. The van der Waals surface area contributed by atoms with E-state index >= 15 is 0 Å². The molecule has 1 fully saturated rings. The molecule has 0 aromatic rings. The Morgan fingerprint density at radius 1 is 1.47 bits per heavy atom. The van der Waals surface area contributed by atoms with Crippen LogP contribution in [0.25, 0.3) is 0 Å². The molecule has 0 radical (unpaired) electrons. The first kappa shape index (κ1) is 14.4. The lowest BCUT2D eigenvalue weighted by Gasteiger charge is -2.24. The largest absolute Gasteiger partial charge is 0.341 e. The molecule has 0 saturated heterocycles. The smallest absolute Gasteiger partial charge is 0.239 e. The highest BCUT2D eigenvalue weighted by Crippen LogP contribution is 2.29. The number of amides is 1. The average Bonchev–Trinajstić information content (AvgIpc) is 3.04. The molecule has 0 aromatic carbocycles. The van der Waals surface area contributed by atoms with Crippen LogP contribution >= 0.6 is 0 Å². The third-order valence-electron chi connectivity index (χ3n) is 2.99. The number of hydrogen-bond donors (Lipinski definition) is 1. The Morgan fingerprint density at radius 3 is 2.47 bits per heavy atom. The van der Waals surface area contributed by atoms with Gasteiger partial charge in [-0.3, -0.25) is 4.79 Å². The molecule has 17 heavy (non-hydrogen) atoms. The maximum absolute atomic E-state index is 12.0. The van der Waals surface area contributed by atoms with Crippen LogP contribution in [0.5, 0.6) is 0 Å². The van der Waals surface area contributed by atoms with Crippen LogP contribution in [0.1, 0.15) is 26.2 Å². The number of rotatable bonds is 7. The highest BCUT2D eigenvalue weighted by molar-refractivity contribution is 7.90. The first-order valence-corrected chi connectivity index (χ1v) is 8.11. The average molecular weight is 262 g/mol. The van der Waals surface area contributed by atoms with Crippen LogP contribution < -0.4 is 5.73 Å². The van der Waals surface area contributed by atoms with Crippen LogP contribution in [-0.4, -0.2) is 50.4 Å². The van der Waals surface area contributed by atoms with Gasteiger partial charge in [0.1, 0.15) is 9.84 Å². The van der Waals surface area contributed by atoms with Crippen LogP contribution in [0.15, 0.2) is 0 Å². The first-order valence-electron chi connectivity index (χ1n) is 6.05. The van der Waals surface area contributed by atoms with Crippen molar-refractivity contribution in [3.8, 4) is 0 Å². The standard InChI is InChI=1S/C11H22N2O3S/c1-3-13(8-9-4-5-9)11(14)10(12)6-7-17(2,15)16/h9-10H,3-8,12H2,1-2H3. The van der Waals surface area contributed by atoms with E-state index in [2.05, 4.69) is 0 Å². The summed E-state index contributed by atoms with van der Waals surface area (Å²) in [5.74, 6) is 0.477. The lowest BCUT2D eigenvalue weighted by Crippen LogP contribution is -2.45. The molecule has 0 spiro atoms. The number of nitrogens with two attached hydrogens (primary N) is 1. The van der Waals surface area contributed by atoms with Crippen LogP contribution in [0.3, 0.4) is 0 Å². The summed E-state index contributed by atoms with van der Waals surface area (Å²) in [6.07, 6.45) is 3.73. The van der Waals surface area contributed by atoms with Gasteiger partial charge in [-0.25, -0.2) is 8.42 Å². The number of carbonyl (C=O) groups is 1. The molecule has 1 saturated carbocycles. The van der Waals surface area contributed by atoms with Gasteiger partial charge in [0.2, 0.25) is 5.91 Å². The Kier molecular flexibility index (Phi) is 4.94. The minimum atomic E-state index is -3.05. The van der Waals surface area contributed by atoms with Crippen molar-refractivity contribution in [3.63, 3.8) is 0 Å². The molecule has 0 heterocycles. The van der Waals surface area contributed by atoms with E-state index in [-0.39, 0.29) is 18.1 Å². The van der Waals surface area contributed by atoms with Crippen LogP contribution in [0.2, 0.25) is 0 Å². The van der Waals surface area contributed by atoms with Crippen molar-refractivity contribution in [2.45, 2.75) is 32.2 Å². The predicted octanol–water partition coefficient (Wildman–Crippen LogP) is 0.00690. The molecular formula is C11H22N2O3S. The van der Waals surface area contributed by atoms with Crippen molar-refractivity contribution >= 4 is 15.7 Å². The maximum atomic E-state index is 12.0. The third-order valence-corrected chi connectivity index (χ3v) is 3.96. The Balaban J connectivity index is 2.42. The Hall–Kier alpha value is -0.620. The van der Waals surface area contributed by atoms with E-state index in [4.69, 9.17) is 5.73 Å². The highest BCUT2D eigenvalue weighted by Gasteiger charge is 2.28. The molecule has 2 N–H and O–H groups in total. The molecule has 0 aliphatic heterocycles. The summed E-state index contributed by atoms with van der Waals surface area (Å²) < 4.78 is 22.0. The lowest BCUT2D eigenvalue weighted by atomic mass is 10.2. The van der Waals surface area contributed by atoms with Gasteiger partial charge in [0, 0.05) is 19.3 Å². The molecular weight excluding hydrogens is 240 g/mol. The van der Waals surface area contributed by atoms with Gasteiger partial charge in [0.25, 0.3) is 0 Å². The zero-order valence-electron chi connectivity index (χ0n) is 10.6. The zero-order valence-corrected chi connectivity index (χ0v) is 11.4. The van der Waals surface area contributed by atoms with E-state index in [0.717, 1.165) is 12.8 Å². The molecule has 100 valence electrons. The van der Waals surface area contributed by atoms with Gasteiger partial charge in [-0.05, 0) is 32.1 Å². The second-order valence-corrected chi connectivity index (χ2v) is 7.11. The van der Waals surface area contributed by atoms with Gasteiger partial charge in [0.05, 0.1) is 11.8 Å². The summed E-state index contributed by atoms with van der Waals surface area (Å²) in [4.78, 5) is 13.7. The molecule has 1 rings (SSSR count). The van der Waals surface area contributed by atoms with E-state index in [0.29, 0.717) is 12.5 Å². The maximum Gasteiger partial charge on any atom is 0.239 e. The van der Waals surface area contributed by atoms with Gasteiger partial charge in [-0.1, -0.05) is 0 Å². The van der Waals surface area contributed by atoms with Crippen molar-refractivity contribution in [1.29, 1.82) is 0 Å². The quantitative estimate of drug-likeness (QED) is 0.700. The minimum Gasteiger partial charge on any atom is -0.341 e. The SMILES string of the molecule is CCN(CC1CC1)C(=O)C(N)CCS(C)(=O)=O. The van der Waals surface area contributed by atoms with Crippen molar-refractivity contribution in [2.75, 3.05) is 25.1 Å². The highest BCUT2D eigenvalue weighted by atomic mass is 32.2. The van der Waals surface area contributed by atoms with Crippen molar-refractivity contribution in [2.24, 2.45) is 11.7 Å². The van der Waals surface area contributed by atoms with E-state index in [1.54, 1.807) is 4.90 Å². The Bertz CT molecular complexity index is 363. The lowest BCUT2D eigenvalue weighted by molar-refractivity contribution is -0.132. The summed E-state index contributed by atoms with van der Waals surface area (Å²) in [6.45, 7) is 3.33. The van der Waals surface area contributed by atoms with E-state index in [1.807, 2.05) is 6.92 Å². The molecule has 0 bridgehead atoms. The summed E-state index contributed by atoms with van der Waals surface area (Å²) in [7, 11) is -3.05. The fourth-order valence-corrected chi connectivity index (χ4v) is 2.37. The number of nitrogens with zero attached hydrogens (tertiary/aromatic N) is 1. The summed E-state index contributed by atoms with van der Waals surface area (Å²) in [5.41, 5.74) is 5.74. The molecule has 6 heteroatoms. The third kappa shape index (κ3) is 5.50. The molecule has 1 unspecified atom stereocenters. The number of carbonyl (C=O) groups excluding carboxylic acids is 1. The summed E-state index contributed by atoms with van der Waals surface area (Å²) in [5, 5.41) is 0. The van der Waals surface area contributed by atoms with E-state index in [1.165, 1.54) is 12.8 Å². The van der Waals surface area contributed by atoms with Gasteiger partial charge < -0.3 is 10.6 Å². The molecule has 5 nitrogen and oxygen atoms in total. The van der Waals surface area contributed by atoms with Crippen LogP contribution in [0.4, 0.5) is 0 Å². The molecule has 1 aliphatic carbocycles. The zero-order chi connectivity index (χ0) is 13.1.